The maximum atomic E-state index is 11.3. The van der Waals surface area contributed by atoms with Crippen LogP contribution in [0.2, 0.25) is 0 Å². The van der Waals surface area contributed by atoms with Gasteiger partial charge in [0.2, 0.25) is 5.91 Å². The Hall–Kier alpha value is -1.62. The number of nitrogens with one attached hydrogen (secondary N) is 1. The van der Waals surface area contributed by atoms with Gasteiger partial charge in [-0.25, -0.2) is 0 Å². The minimum atomic E-state index is -0.232. The van der Waals surface area contributed by atoms with E-state index in [1.54, 1.807) is 0 Å². The van der Waals surface area contributed by atoms with E-state index in [-0.39, 0.29) is 11.8 Å². The van der Waals surface area contributed by atoms with Crippen LogP contribution in [0.15, 0.2) is 18.2 Å². The lowest BCUT2D eigenvalue weighted by Crippen LogP contribution is -2.45. The quantitative estimate of drug-likeness (QED) is 0.820. The number of nitrogens with zero attached hydrogens (tertiary/aromatic N) is 1. The van der Waals surface area contributed by atoms with Gasteiger partial charge in [0.1, 0.15) is 0 Å². The number of hydrogen-bond donors (Lipinski definition) is 2. The van der Waals surface area contributed by atoms with Crippen molar-refractivity contribution >= 4 is 28.9 Å². The van der Waals surface area contributed by atoms with Crippen molar-refractivity contribution in [2.24, 2.45) is 11.7 Å². The number of amides is 1. The van der Waals surface area contributed by atoms with Gasteiger partial charge < -0.3 is 16.0 Å². The Morgan fingerprint density at radius 1 is 1.45 bits per heavy atom. The highest BCUT2D eigenvalue weighted by Crippen LogP contribution is 2.21. The third kappa shape index (κ3) is 3.28. The van der Waals surface area contributed by atoms with Crippen molar-refractivity contribution in [3.8, 4) is 0 Å². The molecule has 108 valence electrons. The monoisotopic (exact) mass is 291 g/mol. The zero-order chi connectivity index (χ0) is 14.7. The summed E-state index contributed by atoms with van der Waals surface area (Å²) in [5.74, 6) is -0.327. The molecular weight excluding hydrogens is 270 g/mol. The molecule has 0 saturated carbocycles. The molecular formula is C15H21N3OS. The Bertz CT molecular complexity index is 530. The van der Waals surface area contributed by atoms with Crippen LogP contribution in [-0.4, -0.2) is 29.0 Å². The minimum absolute atomic E-state index is 0.0953. The van der Waals surface area contributed by atoms with Gasteiger partial charge in [0.05, 0.1) is 5.92 Å². The molecule has 0 radical (unpaired) electrons. The van der Waals surface area contributed by atoms with E-state index in [0.29, 0.717) is 11.7 Å². The van der Waals surface area contributed by atoms with Crippen LogP contribution in [-0.2, 0) is 4.79 Å². The molecule has 5 heteroatoms. The van der Waals surface area contributed by atoms with E-state index in [9.17, 15) is 4.79 Å². The number of hydrogen-bond acceptors (Lipinski definition) is 2. The molecule has 3 N–H and O–H groups in total. The van der Waals surface area contributed by atoms with E-state index in [1.807, 2.05) is 17.0 Å². The Morgan fingerprint density at radius 2 is 2.20 bits per heavy atom. The summed E-state index contributed by atoms with van der Waals surface area (Å²) in [5, 5.41) is 3.96. The topological polar surface area (TPSA) is 58.4 Å². The maximum Gasteiger partial charge on any atom is 0.222 e. The summed E-state index contributed by atoms with van der Waals surface area (Å²) in [7, 11) is 0. The van der Waals surface area contributed by atoms with Gasteiger partial charge in [-0.1, -0.05) is 12.1 Å². The zero-order valence-electron chi connectivity index (χ0n) is 12.0. The summed E-state index contributed by atoms with van der Waals surface area (Å²) >= 11 is 5.46. The lowest BCUT2D eigenvalue weighted by atomic mass is 9.98. The van der Waals surface area contributed by atoms with Crippen molar-refractivity contribution in [1.82, 2.24) is 4.90 Å². The molecule has 1 fully saturated rings. The van der Waals surface area contributed by atoms with Crippen LogP contribution in [0.4, 0.5) is 5.69 Å². The Kier molecular flexibility index (Phi) is 4.60. The molecule has 20 heavy (non-hydrogen) atoms. The molecule has 0 aliphatic carbocycles. The van der Waals surface area contributed by atoms with Crippen LogP contribution in [0.3, 0.4) is 0 Å². The molecule has 1 atom stereocenters. The lowest BCUT2D eigenvalue weighted by molar-refractivity contribution is -0.122. The number of carbonyl (C=O) groups excluding carboxylic acids is 1. The maximum absolute atomic E-state index is 11.3. The third-order valence-electron chi connectivity index (χ3n) is 3.96. The summed E-state index contributed by atoms with van der Waals surface area (Å²) in [6.07, 6.45) is 1.81. The number of primary amides is 1. The normalized spacial score (nSPS) is 18.7. The van der Waals surface area contributed by atoms with E-state index in [1.165, 1.54) is 11.1 Å². The van der Waals surface area contributed by atoms with E-state index >= 15 is 0 Å². The summed E-state index contributed by atoms with van der Waals surface area (Å²) in [6, 6.07) is 6.10. The Morgan fingerprint density at radius 3 is 2.90 bits per heavy atom. The molecule has 0 bridgehead atoms. The number of thiocarbonyl (C=S) groups is 1. The molecule has 1 aliphatic heterocycles. The van der Waals surface area contributed by atoms with Gasteiger partial charge in [0.15, 0.2) is 5.11 Å². The average molecular weight is 291 g/mol. The number of likely N-dealkylation sites (tertiary alicyclic amines) is 1. The van der Waals surface area contributed by atoms with Crippen LogP contribution >= 0.6 is 12.2 Å². The smallest absolute Gasteiger partial charge is 0.222 e. The third-order valence-corrected chi connectivity index (χ3v) is 4.32. The number of rotatable bonds is 2. The average Bonchev–Trinajstić information content (AvgIpc) is 2.44. The first-order valence-electron chi connectivity index (χ1n) is 6.90. The van der Waals surface area contributed by atoms with E-state index in [0.717, 1.165) is 25.1 Å². The Labute approximate surface area is 125 Å². The van der Waals surface area contributed by atoms with Crippen molar-refractivity contribution in [2.75, 3.05) is 18.4 Å². The molecule has 1 saturated heterocycles. The fourth-order valence-corrected chi connectivity index (χ4v) is 2.75. The summed E-state index contributed by atoms with van der Waals surface area (Å²) < 4.78 is 0. The molecule has 1 aromatic rings. The van der Waals surface area contributed by atoms with Crippen LogP contribution in [0.25, 0.3) is 0 Å². The fraction of sp³-hybridized carbons (Fsp3) is 0.467. The second-order valence-corrected chi connectivity index (χ2v) is 5.75. The van der Waals surface area contributed by atoms with Gasteiger partial charge in [-0.15, -0.1) is 0 Å². The number of aryl methyl sites for hydroxylation is 1. The van der Waals surface area contributed by atoms with Gasteiger partial charge in [-0.3, -0.25) is 4.79 Å². The lowest BCUT2D eigenvalue weighted by Gasteiger charge is -2.33. The van der Waals surface area contributed by atoms with Gasteiger partial charge in [0, 0.05) is 18.8 Å². The van der Waals surface area contributed by atoms with E-state index in [4.69, 9.17) is 18.0 Å². The van der Waals surface area contributed by atoms with Crippen molar-refractivity contribution in [1.29, 1.82) is 0 Å². The molecule has 1 aromatic carbocycles. The molecule has 1 aliphatic rings. The number of piperidine rings is 1. The first-order chi connectivity index (χ1) is 9.49. The highest BCUT2D eigenvalue weighted by molar-refractivity contribution is 7.80. The summed E-state index contributed by atoms with van der Waals surface area (Å²) in [6.45, 7) is 5.64. The van der Waals surface area contributed by atoms with Crippen LogP contribution < -0.4 is 11.1 Å². The van der Waals surface area contributed by atoms with Gasteiger partial charge in [0.25, 0.3) is 0 Å². The SMILES string of the molecule is Cc1cccc(NC(=S)N2CCC[C@@H](C(N)=O)C2)c1C. The van der Waals surface area contributed by atoms with Crippen LogP contribution in [0.5, 0.6) is 0 Å². The number of benzene rings is 1. The van der Waals surface area contributed by atoms with Crippen LogP contribution in [0, 0.1) is 19.8 Å². The highest BCUT2D eigenvalue weighted by Gasteiger charge is 2.25. The molecule has 4 nitrogen and oxygen atoms in total. The highest BCUT2D eigenvalue weighted by atomic mass is 32.1. The van der Waals surface area contributed by atoms with E-state index in [2.05, 4.69) is 25.2 Å². The molecule has 1 amide bonds. The summed E-state index contributed by atoms with van der Waals surface area (Å²) in [4.78, 5) is 13.3. The van der Waals surface area contributed by atoms with Crippen molar-refractivity contribution < 1.29 is 4.79 Å². The number of nitrogens with two attached hydrogens (primary N) is 1. The second-order valence-electron chi connectivity index (χ2n) is 5.37. The number of carbonyl (C=O) groups is 1. The standard InChI is InChI=1S/C15H21N3OS/c1-10-5-3-7-13(11(10)2)17-15(20)18-8-4-6-12(9-18)14(16)19/h3,5,7,12H,4,6,8-9H2,1-2H3,(H2,16,19)(H,17,20)/t12-/m1/s1. The predicted octanol–water partition coefficient (Wildman–Crippen LogP) is 2.20. The first kappa shape index (κ1) is 14.8. The second kappa shape index (κ2) is 6.22. The molecule has 0 spiro atoms. The zero-order valence-corrected chi connectivity index (χ0v) is 12.8. The first-order valence-corrected chi connectivity index (χ1v) is 7.31. The summed E-state index contributed by atoms with van der Waals surface area (Å²) in [5.41, 5.74) is 8.84. The molecule has 0 unspecified atom stereocenters. The van der Waals surface area contributed by atoms with Crippen LogP contribution in [0.1, 0.15) is 24.0 Å². The predicted molar refractivity (Wildman–Crippen MR) is 85.6 cm³/mol. The molecule has 2 rings (SSSR count). The minimum Gasteiger partial charge on any atom is -0.369 e. The van der Waals surface area contributed by atoms with Gasteiger partial charge >= 0.3 is 0 Å². The van der Waals surface area contributed by atoms with Gasteiger partial charge in [-0.05, 0) is 56.1 Å². The number of anilines is 1. The van der Waals surface area contributed by atoms with E-state index < -0.39 is 0 Å². The van der Waals surface area contributed by atoms with Gasteiger partial charge in [-0.2, -0.15) is 0 Å². The largest absolute Gasteiger partial charge is 0.369 e. The van der Waals surface area contributed by atoms with Crippen molar-refractivity contribution in [3.63, 3.8) is 0 Å². The van der Waals surface area contributed by atoms with Crippen molar-refractivity contribution in [2.45, 2.75) is 26.7 Å². The fourth-order valence-electron chi connectivity index (χ4n) is 2.47. The van der Waals surface area contributed by atoms with Crippen molar-refractivity contribution in [3.05, 3.63) is 29.3 Å². The Balaban J connectivity index is 2.04. The molecule has 0 aromatic heterocycles. The molecule has 1 heterocycles.